The maximum Gasteiger partial charge on any atom is 0.170 e. The van der Waals surface area contributed by atoms with E-state index in [0.717, 1.165) is 12.1 Å². The van der Waals surface area contributed by atoms with Crippen molar-refractivity contribution in [1.29, 1.82) is 0 Å². The first kappa shape index (κ1) is 18.4. The van der Waals surface area contributed by atoms with E-state index in [1.54, 1.807) is 0 Å². The number of Topliss-reactive ketones (excluding diaryl/α,β-unsaturated/α-hetero) is 1. The largest absolute Gasteiger partial charge is 0.384 e. The lowest BCUT2D eigenvalue weighted by atomic mass is 9.72. The number of nitrogens with zero attached hydrogens (tertiary/aromatic N) is 1. The molecule has 2 fully saturated rings. The maximum atomic E-state index is 13.4. The minimum Gasteiger partial charge on any atom is -0.384 e. The van der Waals surface area contributed by atoms with E-state index in [0.29, 0.717) is 24.6 Å². The van der Waals surface area contributed by atoms with Gasteiger partial charge < -0.3 is 5.11 Å². The summed E-state index contributed by atoms with van der Waals surface area (Å²) in [6, 6.07) is 19.8. The zero-order valence-corrected chi connectivity index (χ0v) is 15.9. The van der Waals surface area contributed by atoms with Crippen LogP contribution < -0.4 is 0 Å². The van der Waals surface area contributed by atoms with E-state index in [9.17, 15) is 9.90 Å². The number of piperidine rings is 1. The van der Waals surface area contributed by atoms with Crippen molar-refractivity contribution in [2.45, 2.75) is 50.2 Å². The van der Waals surface area contributed by atoms with Crippen LogP contribution >= 0.6 is 0 Å². The van der Waals surface area contributed by atoms with Crippen LogP contribution in [0.4, 0.5) is 0 Å². The van der Waals surface area contributed by atoms with Gasteiger partial charge in [-0.2, -0.15) is 0 Å². The summed E-state index contributed by atoms with van der Waals surface area (Å²) in [7, 11) is 0. The van der Waals surface area contributed by atoms with Gasteiger partial charge in [-0.25, -0.2) is 0 Å². The highest BCUT2D eigenvalue weighted by Crippen LogP contribution is 2.41. The Morgan fingerprint density at radius 1 is 0.926 bits per heavy atom. The van der Waals surface area contributed by atoms with Crippen molar-refractivity contribution in [2.24, 2.45) is 5.92 Å². The van der Waals surface area contributed by atoms with Gasteiger partial charge in [0.05, 0.1) is 5.92 Å². The Bertz CT molecular complexity index is 754. The van der Waals surface area contributed by atoms with E-state index in [1.807, 2.05) is 60.7 Å². The van der Waals surface area contributed by atoms with E-state index in [4.69, 9.17) is 0 Å². The molecule has 3 nitrogen and oxygen atoms in total. The Labute approximate surface area is 162 Å². The van der Waals surface area contributed by atoms with Gasteiger partial charge in [-0.3, -0.25) is 9.69 Å². The highest BCUT2D eigenvalue weighted by molar-refractivity contribution is 5.99. The lowest BCUT2D eigenvalue weighted by Crippen LogP contribution is -2.55. The Morgan fingerprint density at radius 3 is 2.22 bits per heavy atom. The molecule has 4 rings (SSSR count). The third kappa shape index (κ3) is 3.71. The first-order valence-electron chi connectivity index (χ1n) is 10.3. The van der Waals surface area contributed by atoms with Crippen LogP contribution in [0.5, 0.6) is 0 Å². The third-order valence-electron chi connectivity index (χ3n) is 6.51. The summed E-state index contributed by atoms with van der Waals surface area (Å²) in [6.45, 7) is 1.50. The fraction of sp³-hybridized carbons (Fsp3) is 0.458. The average molecular weight is 364 g/mol. The van der Waals surface area contributed by atoms with Crippen LogP contribution in [0.3, 0.4) is 0 Å². The van der Waals surface area contributed by atoms with Gasteiger partial charge in [0.15, 0.2) is 5.78 Å². The molecule has 0 aromatic heterocycles. The van der Waals surface area contributed by atoms with Crippen molar-refractivity contribution in [3.63, 3.8) is 0 Å². The van der Waals surface area contributed by atoms with E-state index in [-0.39, 0.29) is 5.78 Å². The number of ketones is 1. The molecule has 0 unspecified atom stereocenters. The van der Waals surface area contributed by atoms with E-state index in [1.165, 1.54) is 32.1 Å². The van der Waals surface area contributed by atoms with Gasteiger partial charge in [0.1, 0.15) is 5.60 Å². The minimum atomic E-state index is -1.10. The van der Waals surface area contributed by atoms with Crippen LogP contribution in [-0.4, -0.2) is 34.9 Å². The molecule has 1 saturated carbocycles. The third-order valence-corrected chi connectivity index (χ3v) is 6.51. The van der Waals surface area contributed by atoms with E-state index < -0.39 is 11.5 Å². The zero-order chi connectivity index (χ0) is 18.7. The molecule has 0 spiro atoms. The van der Waals surface area contributed by atoms with Crippen molar-refractivity contribution in [3.8, 4) is 0 Å². The maximum absolute atomic E-state index is 13.4. The summed E-state index contributed by atoms with van der Waals surface area (Å²) in [5, 5.41) is 11.7. The number of likely N-dealkylation sites (tertiary alicyclic amines) is 1. The van der Waals surface area contributed by atoms with Gasteiger partial charge >= 0.3 is 0 Å². The molecule has 3 heteroatoms. The smallest absolute Gasteiger partial charge is 0.170 e. The SMILES string of the molecule is O=C(c1ccccc1)[C@@H]1CN(C2CCCCC2)CC[C@]1(O)c1ccccc1. The molecule has 2 aliphatic rings. The summed E-state index contributed by atoms with van der Waals surface area (Å²) in [6.07, 6.45) is 6.93. The second-order valence-electron chi connectivity index (χ2n) is 8.11. The van der Waals surface area contributed by atoms with Gasteiger partial charge in [-0.15, -0.1) is 0 Å². The molecule has 2 aromatic carbocycles. The highest BCUT2D eigenvalue weighted by atomic mass is 16.3. The Morgan fingerprint density at radius 2 is 1.56 bits per heavy atom. The highest BCUT2D eigenvalue weighted by Gasteiger charge is 2.47. The molecule has 0 amide bonds. The number of benzene rings is 2. The van der Waals surface area contributed by atoms with Gasteiger partial charge in [-0.1, -0.05) is 79.9 Å². The number of carbonyl (C=O) groups excluding carboxylic acids is 1. The average Bonchev–Trinajstić information content (AvgIpc) is 2.75. The molecule has 1 heterocycles. The monoisotopic (exact) mass is 363 g/mol. The van der Waals surface area contributed by atoms with E-state index in [2.05, 4.69) is 4.90 Å². The van der Waals surface area contributed by atoms with Crippen molar-refractivity contribution in [1.82, 2.24) is 4.90 Å². The van der Waals surface area contributed by atoms with Crippen molar-refractivity contribution in [2.75, 3.05) is 13.1 Å². The molecule has 0 bridgehead atoms. The second kappa shape index (κ2) is 7.95. The van der Waals surface area contributed by atoms with E-state index >= 15 is 0 Å². The van der Waals surface area contributed by atoms with Gasteiger partial charge in [-0.05, 0) is 24.8 Å². The predicted molar refractivity (Wildman–Crippen MR) is 108 cm³/mol. The summed E-state index contributed by atoms with van der Waals surface area (Å²) in [5.74, 6) is -0.375. The number of hydrogen-bond acceptors (Lipinski definition) is 3. The minimum absolute atomic E-state index is 0.0578. The molecule has 1 aliphatic carbocycles. The number of hydrogen-bond donors (Lipinski definition) is 1. The lowest BCUT2D eigenvalue weighted by molar-refractivity contribution is -0.0749. The quantitative estimate of drug-likeness (QED) is 0.818. The van der Waals surface area contributed by atoms with Crippen LogP contribution in [0, 0.1) is 5.92 Å². The molecule has 0 radical (unpaired) electrons. The van der Waals surface area contributed by atoms with Crippen molar-refractivity contribution < 1.29 is 9.90 Å². The molecule has 142 valence electrons. The van der Waals surface area contributed by atoms with Crippen LogP contribution in [-0.2, 0) is 5.60 Å². The number of carbonyl (C=O) groups is 1. The molecule has 27 heavy (non-hydrogen) atoms. The molecular formula is C24H29NO2. The molecule has 1 saturated heterocycles. The number of rotatable bonds is 4. The van der Waals surface area contributed by atoms with Crippen molar-refractivity contribution in [3.05, 3.63) is 71.8 Å². The van der Waals surface area contributed by atoms with Gasteiger partial charge in [0, 0.05) is 24.7 Å². The first-order valence-corrected chi connectivity index (χ1v) is 10.3. The Kier molecular flexibility index (Phi) is 5.42. The second-order valence-corrected chi connectivity index (χ2v) is 8.11. The Hall–Kier alpha value is -1.97. The number of aliphatic hydroxyl groups is 1. The fourth-order valence-corrected chi connectivity index (χ4v) is 4.92. The topological polar surface area (TPSA) is 40.5 Å². The Balaban J connectivity index is 1.66. The zero-order valence-electron chi connectivity index (χ0n) is 15.9. The van der Waals surface area contributed by atoms with Crippen molar-refractivity contribution >= 4 is 5.78 Å². The molecule has 2 aromatic rings. The lowest BCUT2D eigenvalue weighted by Gasteiger charge is -2.47. The molecule has 1 N–H and O–H groups in total. The normalized spacial score (nSPS) is 27.4. The van der Waals surface area contributed by atoms with Gasteiger partial charge in [0.2, 0.25) is 0 Å². The van der Waals surface area contributed by atoms with Crippen LogP contribution in [0.2, 0.25) is 0 Å². The summed E-state index contributed by atoms with van der Waals surface area (Å²) in [5.41, 5.74) is 0.462. The van der Waals surface area contributed by atoms with Crippen LogP contribution in [0.15, 0.2) is 60.7 Å². The summed E-state index contributed by atoms with van der Waals surface area (Å²) >= 11 is 0. The summed E-state index contributed by atoms with van der Waals surface area (Å²) < 4.78 is 0. The molecular weight excluding hydrogens is 334 g/mol. The first-order chi connectivity index (χ1) is 13.2. The molecule has 2 atom stereocenters. The summed E-state index contributed by atoms with van der Waals surface area (Å²) in [4.78, 5) is 15.9. The fourth-order valence-electron chi connectivity index (χ4n) is 4.92. The van der Waals surface area contributed by atoms with Gasteiger partial charge in [0.25, 0.3) is 0 Å². The predicted octanol–water partition coefficient (Wildman–Crippen LogP) is 4.41. The standard InChI is InChI=1S/C24H29NO2/c26-23(19-10-4-1-5-11-19)22-18-25(21-14-8-3-9-15-21)17-16-24(22,27)20-12-6-2-7-13-20/h1-2,4-7,10-13,21-22,27H,3,8-9,14-18H2/t22-,24-/m0/s1. The van der Waals surface area contributed by atoms with Crippen LogP contribution in [0.1, 0.15) is 54.4 Å². The molecule has 1 aliphatic heterocycles. The van der Waals surface area contributed by atoms with Crippen LogP contribution in [0.25, 0.3) is 0 Å².